The number of phenolic OH excluding ortho intramolecular Hbond substituents is 1. The summed E-state index contributed by atoms with van der Waals surface area (Å²) in [5.41, 5.74) is 3.49. The van der Waals surface area contributed by atoms with Gasteiger partial charge in [0.25, 0.3) is 0 Å². The maximum atomic E-state index is 10.1. The first-order valence-electron chi connectivity index (χ1n) is 7.51. The SMILES string of the molecule is CCCC(=N)Cc1ccc2nc(-c3ccc(Cl)cc3O)sc2c1. The summed E-state index contributed by atoms with van der Waals surface area (Å²) < 4.78 is 1.07. The van der Waals surface area contributed by atoms with Gasteiger partial charge in [-0.05, 0) is 42.3 Å². The second kappa shape index (κ2) is 6.69. The third-order valence-electron chi connectivity index (χ3n) is 3.61. The molecule has 0 amide bonds. The number of hydrogen-bond donors (Lipinski definition) is 2. The van der Waals surface area contributed by atoms with E-state index in [1.54, 1.807) is 23.5 Å². The van der Waals surface area contributed by atoms with Crippen molar-refractivity contribution in [2.75, 3.05) is 0 Å². The van der Waals surface area contributed by atoms with Gasteiger partial charge in [0.05, 0.1) is 15.8 Å². The molecule has 0 unspecified atom stereocenters. The molecule has 3 nitrogen and oxygen atoms in total. The Balaban J connectivity index is 1.94. The summed E-state index contributed by atoms with van der Waals surface area (Å²) in [6.45, 7) is 2.09. The molecule has 0 aliphatic carbocycles. The summed E-state index contributed by atoms with van der Waals surface area (Å²) in [5, 5.41) is 19.3. The van der Waals surface area contributed by atoms with E-state index in [4.69, 9.17) is 17.0 Å². The van der Waals surface area contributed by atoms with Crippen molar-refractivity contribution in [3.8, 4) is 16.3 Å². The van der Waals surface area contributed by atoms with Gasteiger partial charge in [-0.25, -0.2) is 4.98 Å². The van der Waals surface area contributed by atoms with E-state index in [9.17, 15) is 5.11 Å². The highest BCUT2D eigenvalue weighted by molar-refractivity contribution is 7.21. The van der Waals surface area contributed by atoms with Crippen molar-refractivity contribution in [2.24, 2.45) is 0 Å². The Kier molecular flexibility index (Phi) is 4.64. The van der Waals surface area contributed by atoms with E-state index in [2.05, 4.69) is 18.0 Å². The molecule has 0 saturated heterocycles. The molecule has 0 radical (unpaired) electrons. The molecule has 0 saturated carbocycles. The molecule has 0 bridgehead atoms. The van der Waals surface area contributed by atoms with Gasteiger partial charge >= 0.3 is 0 Å². The number of aromatic hydroxyl groups is 1. The Labute approximate surface area is 144 Å². The Hall–Kier alpha value is -1.91. The lowest BCUT2D eigenvalue weighted by Crippen LogP contribution is -2.00. The van der Waals surface area contributed by atoms with Crippen LogP contribution in [0.25, 0.3) is 20.8 Å². The van der Waals surface area contributed by atoms with Gasteiger partial charge in [-0.15, -0.1) is 11.3 Å². The third kappa shape index (κ3) is 3.54. The minimum Gasteiger partial charge on any atom is -0.507 e. The number of nitrogens with one attached hydrogen (secondary N) is 1. The van der Waals surface area contributed by atoms with Gasteiger partial charge in [0, 0.05) is 17.2 Å². The highest BCUT2D eigenvalue weighted by Crippen LogP contribution is 2.36. The number of benzene rings is 2. The zero-order chi connectivity index (χ0) is 16.4. The number of fused-ring (bicyclic) bond motifs is 1. The zero-order valence-electron chi connectivity index (χ0n) is 12.8. The normalized spacial score (nSPS) is 11.0. The molecule has 1 aromatic heterocycles. The Morgan fingerprint density at radius 1 is 1.26 bits per heavy atom. The van der Waals surface area contributed by atoms with Crippen molar-refractivity contribution >= 4 is 38.9 Å². The minimum atomic E-state index is 0.140. The molecular formula is C18H17ClN2OS. The van der Waals surface area contributed by atoms with Gasteiger partial charge in [0.15, 0.2) is 0 Å². The van der Waals surface area contributed by atoms with E-state index in [-0.39, 0.29) is 5.75 Å². The predicted molar refractivity (Wildman–Crippen MR) is 98.1 cm³/mol. The van der Waals surface area contributed by atoms with Crippen LogP contribution in [-0.4, -0.2) is 15.8 Å². The van der Waals surface area contributed by atoms with Gasteiger partial charge in [-0.1, -0.05) is 31.0 Å². The first kappa shape index (κ1) is 16.0. The largest absolute Gasteiger partial charge is 0.507 e. The van der Waals surface area contributed by atoms with Crippen LogP contribution in [0.1, 0.15) is 25.3 Å². The Bertz CT molecular complexity index is 873. The molecule has 0 atom stereocenters. The van der Waals surface area contributed by atoms with E-state index in [0.717, 1.165) is 39.3 Å². The molecule has 2 aromatic carbocycles. The van der Waals surface area contributed by atoms with Crippen molar-refractivity contribution in [3.05, 3.63) is 47.0 Å². The number of phenols is 1. The van der Waals surface area contributed by atoms with E-state index in [1.165, 1.54) is 6.07 Å². The van der Waals surface area contributed by atoms with Gasteiger partial charge in [-0.2, -0.15) is 0 Å². The lowest BCUT2D eigenvalue weighted by molar-refractivity contribution is 0.477. The fourth-order valence-corrected chi connectivity index (χ4v) is 3.75. The molecule has 5 heteroatoms. The molecule has 0 fully saturated rings. The van der Waals surface area contributed by atoms with Gasteiger partial charge in [0.1, 0.15) is 10.8 Å². The fourth-order valence-electron chi connectivity index (χ4n) is 2.52. The lowest BCUT2D eigenvalue weighted by Gasteiger charge is -2.02. The first-order chi connectivity index (χ1) is 11.1. The summed E-state index contributed by atoms with van der Waals surface area (Å²) in [6, 6.07) is 11.2. The number of nitrogens with zero attached hydrogens (tertiary/aromatic N) is 1. The maximum Gasteiger partial charge on any atom is 0.128 e. The predicted octanol–water partition coefficient (Wildman–Crippen LogP) is 5.68. The number of aromatic nitrogens is 1. The lowest BCUT2D eigenvalue weighted by atomic mass is 10.1. The molecule has 23 heavy (non-hydrogen) atoms. The molecule has 2 N–H and O–H groups in total. The molecular weight excluding hydrogens is 328 g/mol. The van der Waals surface area contributed by atoms with E-state index < -0.39 is 0 Å². The average Bonchev–Trinajstić information content (AvgIpc) is 2.90. The maximum absolute atomic E-state index is 10.1. The van der Waals surface area contributed by atoms with Crippen LogP contribution in [0.15, 0.2) is 36.4 Å². The monoisotopic (exact) mass is 344 g/mol. The summed E-state index contributed by atoms with van der Waals surface area (Å²) in [5.74, 6) is 0.140. The third-order valence-corrected chi connectivity index (χ3v) is 4.90. The second-order valence-corrected chi connectivity index (χ2v) is 6.98. The standard InChI is InChI=1S/C18H17ClN2OS/c1-2-3-13(20)8-11-4-7-15-17(9-11)23-18(21-15)14-6-5-12(19)10-16(14)22/h4-7,9-10,20,22H,2-3,8H2,1H3. The first-order valence-corrected chi connectivity index (χ1v) is 8.71. The zero-order valence-corrected chi connectivity index (χ0v) is 14.3. The summed E-state index contributed by atoms with van der Waals surface area (Å²) >= 11 is 7.42. The van der Waals surface area contributed by atoms with Crippen molar-refractivity contribution in [2.45, 2.75) is 26.2 Å². The molecule has 118 valence electrons. The van der Waals surface area contributed by atoms with E-state index in [1.807, 2.05) is 12.1 Å². The van der Waals surface area contributed by atoms with Crippen LogP contribution in [0.4, 0.5) is 0 Å². The van der Waals surface area contributed by atoms with Crippen LogP contribution in [-0.2, 0) is 6.42 Å². The van der Waals surface area contributed by atoms with Gasteiger partial charge in [0.2, 0.25) is 0 Å². The van der Waals surface area contributed by atoms with Crippen LogP contribution in [0.2, 0.25) is 5.02 Å². The van der Waals surface area contributed by atoms with Gasteiger partial charge in [-0.3, -0.25) is 0 Å². The number of hydrogen-bond acceptors (Lipinski definition) is 4. The summed E-state index contributed by atoms with van der Waals surface area (Å²) in [7, 11) is 0. The molecule has 3 aromatic rings. The van der Waals surface area contributed by atoms with Gasteiger partial charge < -0.3 is 10.5 Å². The van der Waals surface area contributed by atoms with Crippen molar-refractivity contribution in [1.29, 1.82) is 5.41 Å². The quantitative estimate of drug-likeness (QED) is 0.584. The van der Waals surface area contributed by atoms with Crippen LogP contribution < -0.4 is 0 Å². The van der Waals surface area contributed by atoms with Crippen LogP contribution >= 0.6 is 22.9 Å². The summed E-state index contributed by atoms with van der Waals surface area (Å²) in [6.07, 6.45) is 2.52. The fraction of sp³-hybridized carbons (Fsp3) is 0.222. The van der Waals surface area contributed by atoms with Crippen LogP contribution in [0.5, 0.6) is 5.75 Å². The smallest absolute Gasteiger partial charge is 0.128 e. The highest BCUT2D eigenvalue weighted by atomic mass is 35.5. The average molecular weight is 345 g/mol. The number of thiazole rings is 1. The van der Waals surface area contributed by atoms with Crippen molar-refractivity contribution in [3.63, 3.8) is 0 Å². The minimum absolute atomic E-state index is 0.140. The van der Waals surface area contributed by atoms with Crippen LogP contribution in [0.3, 0.4) is 0 Å². The van der Waals surface area contributed by atoms with E-state index in [0.29, 0.717) is 17.0 Å². The molecule has 0 aliphatic heterocycles. The molecule has 3 rings (SSSR count). The van der Waals surface area contributed by atoms with Crippen molar-refractivity contribution < 1.29 is 5.11 Å². The number of halogens is 1. The summed E-state index contributed by atoms with van der Waals surface area (Å²) in [4.78, 5) is 4.59. The molecule has 0 spiro atoms. The topological polar surface area (TPSA) is 57.0 Å². The number of rotatable bonds is 5. The second-order valence-electron chi connectivity index (χ2n) is 5.51. The Morgan fingerprint density at radius 2 is 2.09 bits per heavy atom. The van der Waals surface area contributed by atoms with Crippen LogP contribution in [0, 0.1) is 5.41 Å². The molecule has 1 heterocycles. The Morgan fingerprint density at radius 3 is 2.83 bits per heavy atom. The van der Waals surface area contributed by atoms with Crippen molar-refractivity contribution in [1.82, 2.24) is 4.98 Å². The molecule has 0 aliphatic rings. The van der Waals surface area contributed by atoms with E-state index >= 15 is 0 Å². The highest BCUT2D eigenvalue weighted by Gasteiger charge is 2.11.